The number of carbonyl (C=O) groups is 4. The van der Waals surface area contributed by atoms with Gasteiger partial charge in [0.25, 0.3) is 0 Å². The lowest BCUT2D eigenvalue weighted by atomic mass is 9.99. The molecule has 16 nitrogen and oxygen atoms in total. The van der Waals surface area contributed by atoms with Crippen molar-refractivity contribution in [1.29, 1.82) is 0 Å². The second-order valence-electron chi connectivity index (χ2n) is 15.3. The number of hydrogen-bond acceptors (Lipinski definition) is 10. The van der Waals surface area contributed by atoms with E-state index >= 15 is 0 Å². The summed E-state index contributed by atoms with van der Waals surface area (Å²) in [5, 5.41) is 5.38. The zero-order valence-corrected chi connectivity index (χ0v) is 35.5. The Hall–Kier alpha value is -5.48. The second-order valence-corrected chi connectivity index (χ2v) is 15.3. The quantitative estimate of drug-likeness (QED) is 0.125. The smallest absolute Gasteiger partial charge is 0.407 e. The van der Waals surface area contributed by atoms with Gasteiger partial charge in [-0.1, -0.05) is 52.0 Å². The molecule has 2 aromatic heterocycles. The molecule has 3 aliphatic heterocycles. The first-order valence-corrected chi connectivity index (χ1v) is 19.4. The SMILES string of the molecule is COC(=O)NC(C(=O)N1CCCC1c1ncc(-c2ccc(-c3ccc(-c4cnc(C5CCCN5C(=O)C(NC(=O)OC)C(C)C)[nH]4)c4c3OCO4)cc2)[nH]1)C(C)C.Cl.Cl. The van der Waals surface area contributed by atoms with Gasteiger partial charge in [-0.15, -0.1) is 24.8 Å². The number of hydrogen-bond donors (Lipinski definition) is 4. The van der Waals surface area contributed by atoms with Crippen LogP contribution in [0.25, 0.3) is 33.6 Å². The average molecular weight is 856 g/mol. The Labute approximate surface area is 355 Å². The highest BCUT2D eigenvalue weighted by atomic mass is 35.5. The number of nitrogens with zero attached hydrogens (tertiary/aromatic N) is 4. The molecule has 0 saturated carbocycles. The lowest BCUT2D eigenvalue weighted by Gasteiger charge is -2.30. The number of benzene rings is 2. The van der Waals surface area contributed by atoms with Crippen LogP contribution in [0.1, 0.15) is 77.1 Å². The first-order valence-electron chi connectivity index (χ1n) is 19.4. The van der Waals surface area contributed by atoms with Gasteiger partial charge in [-0.25, -0.2) is 19.6 Å². The van der Waals surface area contributed by atoms with E-state index in [1.807, 2.05) is 64.1 Å². The Balaban J connectivity index is 0.00000331. The standard InChI is InChI=1S/C41H50N8O8.2ClH/c1-22(2)32(46-40(52)54-5)38(50)48-17-7-9-30(48)36-42-19-28(44-36)25-13-11-24(12-14-25)26-15-16-27(35-34(26)56-21-57-35)29-20-43-37(45-29)31-10-8-18-49(31)39(51)33(23(3)4)47-41(53)55-6;;/h11-16,19-20,22-23,30-33H,7-10,17-18,21H2,1-6H3,(H,42,44)(H,43,45)(H,46,52)(H,47,53);2*1H. The third-order valence-corrected chi connectivity index (χ3v) is 11.0. The van der Waals surface area contributed by atoms with Crippen molar-refractivity contribution in [2.45, 2.75) is 77.5 Å². The number of amides is 4. The van der Waals surface area contributed by atoms with Crippen molar-refractivity contribution < 1.29 is 38.1 Å². The number of ether oxygens (including phenoxy) is 4. The van der Waals surface area contributed by atoms with Crippen LogP contribution in [0.5, 0.6) is 11.5 Å². The fourth-order valence-corrected chi connectivity index (χ4v) is 7.95. The van der Waals surface area contributed by atoms with Crippen molar-refractivity contribution in [1.82, 2.24) is 40.4 Å². The molecule has 18 heteroatoms. The second kappa shape index (κ2) is 19.1. The Morgan fingerprint density at radius 2 is 1.12 bits per heavy atom. The molecule has 318 valence electrons. The van der Waals surface area contributed by atoms with Crippen molar-refractivity contribution in [3.8, 4) is 45.1 Å². The van der Waals surface area contributed by atoms with Gasteiger partial charge >= 0.3 is 12.2 Å². The zero-order chi connectivity index (χ0) is 40.4. The first kappa shape index (κ1) is 44.6. The molecular formula is C41H52Cl2N8O8. The van der Waals surface area contributed by atoms with E-state index in [0.29, 0.717) is 36.2 Å². The van der Waals surface area contributed by atoms with Gasteiger partial charge < -0.3 is 49.3 Å². The number of likely N-dealkylation sites (tertiary alicyclic amines) is 2. The molecule has 0 radical (unpaired) electrons. The molecule has 0 aliphatic carbocycles. The minimum absolute atomic E-state index is 0. The van der Waals surface area contributed by atoms with Crippen molar-refractivity contribution in [2.24, 2.45) is 11.8 Å². The Kier molecular flexibility index (Phi) is 14.4. The van der Waals surface area contributed by atoms with Crippen LogP contribution < -0.4 is 20.1 Å². The number of methoxy groups -OCH3 is 2. The van der Waals surface area contributed by atoms with E-state index < -0.39 is 24.3 Å². The molecule has 3 aliphatic rings. The molecule has 59 heavy (non-hydrogen) atoms. The van der Waals surface area contributed by atoms with Crippen LogP contribution in [0.2, 0.25) is 0 Å². The lowest BCUT2D eigenvalue weighted by molar-refractivity contribution is -0.136. The summed E-state index contributed by atoms with van der Waals surface area (Å²) in [5.74, 6) is 2.00. The summed E-state index contributed by atoms with van der Waals surface area (Å²) in [7, 11) is 2.56. The maximum Gasteiger partial charge on any atom is 0.407 e. The maximum absolute atomic E-state index is 13.6. The number of rotatable bonds is 11. The van der Waals surface area contributed by atoms with E-state index in [-0.39, 0.29) is 67.3 Å². The number of imidazole rings is 2. The molecule has 2 fully saturated rings. The van der Waals surface area contributed by atoms with Crippen LogP contribution in [0.3, 0.4) is 0 Å². The first-order chi connectivity index (χ1) is 27.5. The molecule has 0 bridgehead atoms. The highest BCUT2D eigenvalue weighted by molar-refractivity contribution is 5.88. The number of fused-ring (bicyclic) bond motifs is 1. The largest absolute Gasteiger partial charge is 0.453 e. The summed E-state index contributed by atoms with van der Waals surface area (Å²) < 4.78 is 21.6. The van der Waals surface area contributed by atoms with E-state index in [9.17, 15) is 19.2 Å². The van der Waals surface area contributed by atoms with Crippen LogP contribution in [-0.4, -0.2) is 99.9 Å². The van der Waals surface area contributed by atoms with E-state index in [4.69, 9.17) is 23.9 Å². The molecule has 4 amide bonds. The molecule has 5 heterocycles. The van der Waals surface area contributed by atoms with E-state index in [2.05, 4.69) is 25.6 Å². The van der Waals surface area contributed by atoms with Crippen LogP contribution in [0, 0.1) is 11.8 Å². The number of halogens is 2. The maximum atomic E-state index is 13.6. The van der Waals surface area contributed by atoms with Crippen molar-refractivity contribution in [3.05, 3.63) is 60.4 Å². The number of aromatic amines is 2. The number of alkyl carbamates (subject to hydrolysis) is 2. The van der Waals surface area contributed by atoms with Gasteiger partial charge in [0.15, 0.2) is 11.5 Å². The van der Waals surface area contributed by atoms with E-state index in [0.717, 1.165) is 59.3 Å². The summed E-state index contributed by atoms with van der Waals surface area (Å²) in [6, 6.07) is 10.1. The number of nitrogens with one attached hydrogen (secondary N) is 4. The number of H-pyrrole nitrogens is 2. The van der Waals surface area contributed by atoms with Gasteiger partial charge in [-0.2, -0.15) is 0 Å². The summed E-state index contributed by atoms with van der Waals surface area (Å²) >= 11 is 0. The van der Waals surface area contributed by atoms with Gasteiger partial charge in [0.1, 0.15) is 23.7 Å². The summed E-state index contributed by atoms with van der Waals surface area (Å²) in [5.41, 5.74) is 5.07. The fourth-order valence-electron chi connectivity index (χ4n) is 7.95. The van der Waals surface area contributed by atoms with Crippen LogP contribution in [0.15, 0.2) is 48.8 Å². The monoisotopic (exact) mass is 854 g/mol. The molecule has 4 unspecified atom stereocenters. The average Bonchev–Trinajstić information content (AvgIpc) is 4.07. The molecule has 7 rings (SSSR count). The van der Waals surface area contributed by atoms with Gasteiger partial charge in [0.2, 0.25) is 18.6 Å². The van der Waals surface area contributed by atoms with Crippen LogP contribution >= 0.6 is 24.8 Å². The van der Waals surface area contributed by atoms with Crippen molar-refractivity contribution in [2.75, 3.05) is 34.1 Å². The number of aromatic nitrogens is 4. The summed E-state index contributed by atoms with van der Waals surface area (Å²) in [4.78, 5) is 71.0. The molecule has 2 saturated heterocycles. The molecule has 0 spiro atoms. The molecule has 4 aromatic rings. The predicted molar refractivity (Wildman–Crippen MR) is 223 cm³/mol. The molecular weight excluding hydrogens is 803 g/mol. The highest BCUT2D eigenvalue weighted by Crippen LogP contribution is 2.48. The lowest BCUT2D eigenvalue weighted by Crippen LogP contribution is -2.51. The zero-order valence-electron chi connectivity index (χ0n) is 33.9. The van der Waals surface area contributed by atoms with E-state index in [1.165, 1.54) is 14.2 Å². The van der Waals surface area contributed by atoms with E-state index in [1.54, 1.807) is 22.2 Å². The van der Waals surface area contributed by atoms with Gasteiger partial charge in [0, 0.05) is 24.2 Å². The topological polar surface area (TPSA) is 193 Å². The Morgan fingerprint density at radius 3 is 1.61 bits per heavy atom. The highest BCUT2D eigenvalue weighted by Gasteiger charge is 2.39. The van der Waals surface area contributed by atoms with Crippen molar-refractivity contribution in [3.63, 3.8) is 0 Å². The Bertz CT molecular complexity index is 2120. The molecule has 2 aromatic carbocycles. The molecule has 4 N–H and O–H groups in total. The minimum Gasteiger partial charge on any atom is -0.453 e. The van der Waals surface area contributed by atoms with Crippen LogP contribution in [-0.2, 0) is 19.1 Å². The third-order valence-electron chi connectivity index (χ3n) is 11.0. The normalized spacial score (nSPS) is 17.9. The van der Waals surface area contributed by atoms with Gasteiger partial charge in [-0.05, 0) is 60.8 Å². The van der Waals surface area contributed by atoms with Gasteiger partial charge in [0.05, 0.1) is 50.1 Å². The molecule has 4 atom stereocenters. The summed E-state index contributed by atoms with van der Waals surface area (Å²) in [6.45, 7) is 8.77. The van der Waals surface area contributed by atoms with Crippen LogP contribution in [0.4, 0.5) is 9.59 Å². The van der Waals surface area contributed by atoms with Gasteiger partial charge in [-0.3, -0.25) is 9.59 Å². The minimum atomic E-state index is -0.720. The van der Waals surface area contributed by atoms with Crippen molar-refractivity contribution >= 4 is 48.8 Å². The Morgan fingerprint density at radius 1 is 0.678 bits per heavy atom. The number of carbonyl (C=O) groups excluding carboxylic acids is 4. The summed E-state index contributed by atoms with van der Waals surface area (Å²) in [6.07, 6.45) is 5.39. The predicted octanol–water partition coefficient (Wildman–Crippen LogP) is 6.79. The third kappa shape index (κ3) is 9.08. The fraction of sp³-hybridized carbons (Fsp3) is 0.463.